The Balaban J connectivity index is 0.00000353. The van der Waals surface area contributed by atoms with Gasteiger partial charge in [0, 0.05) is 66.0 Å². The molecule has 2 aromatic heterocycles. The Labute approximate surface area is 229 Å². The molecule has 0 atom stereocenters. The summed E-state index contributed by atoms with van der Waals surface area (Å²) in [5.74, 6) is -2.04. The Hall–Kier alpha value is -4.48. The number of ether oxygens (including phenoxy) is 1. The van der Waals surface area contributed by atoms with Gasteiger partial charge in [-0.1, -0.05) is 18.2 Å². The van der Waals surface area contributed by atoms with E-state index in [1.165, 1.54) is 26.0 Å². The molecule has 4 aromatic rings. The van der Waals surface area contributed by atoms with Gasteiger partial charge in [0.1, 0.15) is 5.54 Å². The molecule has 2 N–H and O–H groups in total. The van der Waals surface area contributed by atoms with Crippen molar-refractivity contribution in [2.24, 2.45) is 19.8 Å². The molecule has 0 radical (unpaired) electrons. The van der Waals surface area contributed by atoms with Crippen LogP contribution in [0.3, 0.4) is 0 Å². The minimum Gasteiger partial charge on any atom is -0.442 e. The zero-order valence-corrected chi connectivity index (χ0v) is 22.4. The second kappa shape index (κ2) is 9.68. The van der Waals surface area contributed by atoms with Gasteiger partial charge in [-0.3, -0.25) is 24.5 Å². The number of nitro groups is 1. The van der Waals surface area contributed by atoms with Crippen molar-refractivity contribution in [1.82, 2.24) is 14.0 Å². The summed E-state index contributed by atoms with van der Waals surface area (Å²) in [7, 11) is 3.55. The molecular formula is C27H26ClN5O6. The fraction of sp³-hybridized carbons (Fsp3) is 0.222. The minimum absolute atomic E-state index is 0. The van der Waals surface area contributed by atoms with Crippen LogP contribution < -0.4 is 5.73 Å². The van der Waals surface area contributed by atoms with Crippen LogP contribution >= 0.6 is 12.4 Å². The van der Waals surface area contributed by atoms with E-state index in [-0.39, 0.29) is 29.2 Å². The van der Waals surface area contributed by atoms with Gasteiger partial charge in [0.15, 0.2) is 6.73 Å². The van der Waals surface area contributed by atoms with Crippen LogP contribution in [0.4, 0.5) is 5.69 Å². The van der Waals surface area contributed by atoms with E-state index in [0.717, 1.165) is 15.8 Å². The van der Waals surface area contributed by atoms with Gasteiger partial charge in [-0.25, -0.2) is 4.90 Å². The molecular weight excluding hydrogens is 526 g/mol. The van der Waals surface area contributed by atoms with Gasteiger partial charge in [0.2, 0.25) is 0 Å². The number of hydrogen-bond donors (Lipinski definition) is 1. The Bertz CT molecular complexity index is 1730. The number of para-hydroxylation sites is 1. The highest BCUT2D eigenvalue weighted by atomic mass is 35.5. The SMILES string of the molecule is Cl.Cn1cc(C2=C(c3cn(C)c4cc([N+](=O)[O-])ccc34)C(=O)N(COC(=O)C(C)(C)N)C2=O)c2ccccc21. The second-order valence-electron chi connectivity index (χ2n) is 9.85. The summed E-state index contributed by atoms with van der Waals surface area (Å²) in [5.41, 5.74) is 7.03. The van der Waals surface area contributed by atoms with Gasteiger partial charge in [-0.2, -0.15) is 0 Å². The van der Waals surface area contributed by atoms with Crippen LogP contribution in [0.15, 0.2) is 54.9 Å². The van der Waals surface area contributed by atoms with Crippen molar-refractivity contribution in [1.29, 1.82) is 0 Å². The molecule has 0 saturated carbocycles. The highest BCUT2D eigenvalue weighted by molar-refractivity contribution is 6.50. The van der Waals surface area contributed by atoms with Crippen LogP contribution in [-0.4, -0.2) is 49.0 Å². The molecule has 0 fully saturated rings. The number of rotatable bonds is 6. The molecule has 2 amide bonds. The summed E-state index contributed by atoms with van der Waals surface area (Å²) in [5, 5.41) is 12.7. The maximum absolute atomic E-state index is 13.8. The van der Waals surface area contributed by atoms with Crippen LogP contribution in [0.1, 0.15) is 25.0 Å². The lowest BCUT2D eigenvalue weighted by Crippen LogP contribution is -2.45. The van der Waals surface area contributed by atoms with E-state index >= 15 is 0 Å². The van der Waals surface area contributed by atoms with Gasteiger partial charge < -0.3 is 19.6 Å². The number of halogens is 1. The predicted octanol–water partition coefficient (Wildman–Crippen LogP) is 3.52. The van der Waals surface area contributed by atoms with Crippen molar-refractivity contribution < 1.29 is 24.0 Å². The lowest BCUT2D eigenvalue weighted by molar-refractivity contribution is -0.384. The number of imide groups is 1. The normalized spacial score (nSPS) is 13.9. The largest absolute Gasteiger partial charge is 0.442 e. The number of benzene rings is 2. The summed E-state index contributed by atoms with van der Waals surface area (Å²) in [6, 6.07) is 11.8. The van der Waals surface area contributed by atoms with Crippen molar-refractivity contribution in [2.45, 2.75) is 19.4 Å². The molecule has 1 aliphatic rings. The molecule has 0 bridgehead atoms. The molecule has 202 valence electrons. The lowest BCUT2D eigenvalue weighted by atomic mass is 9.95. The summed E-state index contributed by atoms with van der Waals surface area (Å²) in [6.07, 6.45) is 3.44. The van der Waals surface area contributed by atoms with E-state index in [2.05, 4.69) is 0 Å². The first-order valence-electron chi connectivity index (χ1n) is 11.7. The van der Waals surface area contributed by atoms with E-state index in [0.29, 0.717) is 22.0 Å². The first-order valence-corrected chi connectivity index (χ1v) is 11.7. The molecule has 0 spiro atoms. The lowest BCUT2D eigenvalue weighted by Gasteiger charge is -2.20. The molecule has 5 rings (SSSR count). The number of aromatic nitrogens is 2. The van der Waals surface area contributed by atoms with E-state index in [4.69, 9.17) is 10.5 Å². The van der Waals surface area contributed by atoms with Crippen molar-refractivity contribution in [3.8, 4) is 0 Å². The topological polar surface area (TPSA) is 143 Å². The highest BCUT2D eigenvalue weighted by Crippen LogP contribution is 2.42. The Morgan fingerprint density at radius 2 is 1.49 bits per heavy atom. The third kappa shape index (κ3) is 4.45. The number of carbonyl (C=O) groups excluding carboxylic acids is 3. The van der Waals surface area contributed by atoms with Crippen LogP contribution in [0.5, 0.6) is 0 Å². The zero-order chi connectivity index (χ0) is 27.5. The smallest absolute Gasteiger partial charge is 0.327 e. The van der Waals surface area contributed by atoms with Gasteiger partial charge in [-0.05, 0) is 26.0 Å². The van der Waals surface area contributed by atoms with Gasteiger partial charge in [0.25, 0.3) is 17.5 Å². The van der Waals surface area contributed by atoms with E-state index in [1.807, 2.05) is 35.9 Å². The van der Waals surface area contributed by atoms with E-state index < -0.39 is 35.0 Å². The number of non-ortho nitro benzene ring substituents is 1. The van der Waals surface area contributed by atoms with Crippen LogP contribution in [0, 0.1) is 10.1 Å². The average molecular weight is 552 g/mol. The molecule has 11 nitrogen and oxygen atoms in total. The molecule has 12 heteroatoms. The van der Waals surface area contributed by atoms with E-state index in [9.17, 15) is 24.5 Å². The summed E-state index contributed by atoms with van der Waals surface area (Å²) in [4.78, 5) is 51.7. The van der Waals surface area contributed by atoms with Crippen LogP contribution in [0.25, 0.3) is 33.0 Å². The van der Waals surface area contributed by atoms with Gasteiger partial charge in [0.05, 0.1) is 21.6 Å². The summed E-state index contributed by atoms with van der Waals surface area (Å²) >= 11 is 0. The molecule has 3 heterocycles. The van der Waals surface area contributed by atoms with E-state index in [1.54, 1.807) is 30.1 Å². The number of amides is 2. The molecule has 0 unspecified atom stereocenters. The first kappa shape index (κ1) is 27.6. The molecule has 1 aliphatic heterocycles. The maximum atomic E-state index is 13.8. The summed E-state index contributed by atoms with van der Waals surface area (Å²) < 4.78 is 8.77. The predicted molar refractivity (Wildman–Crippen MR) is 148 cm³/mol. The third-order valence-electron chi connectivity index (χ3n) is 6.64. The third-order valence-corrected chi connectivity index (χ3v) is 6.64. The fourth-order valence-electron chi connectivity index (χ4n) is 4.73. The van der Waals surface area contributed by atoms with Crippen molar-refractivity contribution in [2.75, 3.05) is 6.73 Å². The Morgan fingerprint density at radius 1 is 0.949 bits per heavy atom. The number of fused-ring (bicyclic) bond motifs is 2. The zero-order valence-electron chi connectivity index (χ0n) is 21.6. The first-order chi connectivity index (χ1) is 17.9. The number of hydrogen-bond acceptors (Lipinski definition) is 7. The molecule has 0 saturated heterocycles. The molecule has 0 aliphatic carbocycles. The van der Waals surface area contributed by atoms with Crippen LogP contribution in [-0.2, 0) is 33.2 Å². The number of esters is 1. The monoisotopic (exact) mass is 551 g/mol. The van der Waals surface area contributed by atoms with Crippen molar-refractivity contribution in [3.63, 3.8) is 0 Å². The number of nitrogens with two attached hydrogens (primary N) is 1. The number of aryl methyl sites for hydroxylation is 2. The second-order valence-corrected chi connectivity index (χ2v) is 9.85. The number of nitro benzene ring substituents is 1. The van der Waals surface area contributed by atoms with Crippen molar-refractivity contribution >= 4 is 68.8 Å². The van der Waals surface area contributed by atoms with Crippen LogP contribution in [0.2, 0.25) is 0 Å². The Kier molecular flexibility index (Phi) is 6.84. The average Bonchev–Trinajstić information content (AvgIpc) is 3.45. The standard InChI is InChI=1S/C27H25N5O6.ClH/c1-27(2,28)26(35)38-14-31-24(33)22(18-12-29(3)20-8-6-5-7-16(18)20)23(25(31)34)19-13-30(4)21-11-15(32(36)37)9-10-17(19)21;/h5-13H,14,28H2,1-4H3;1H. The summed E-state index contributed by atoms with van der Waals surface area (Å²) in [6.45, 7) is 2.32. The fourth-order valence-corrected chi connectivity index (χ4v) is 4.73. The number of carbonyl (C=O) groups is 3. The minimum atomic E-state index is -1.31. The highest BCUT2D eigenvalue weighted by Gasteiger charge is 2.42. The van der Waals surface area contributed by atoms with Gasteiger partial charge in [-0.15, -0.1) is 12.4 Å². The Morgan fingerprint density at radius 3 is 2.05 bits per heavy atom. The maximum Gasteiger partial charge on any atom is 0.327 e. The van der Waals surface area contributed by atoms with Crippen molar-refractivity contribution in [3.05, 3.63) is 76.1 Å². The quantitative estimate of drug-likeness (QED) is 0.167. The van der Waals surface area contributed by atoms with Gasteiger partial charge >= 0.3 is 5.97 Å². The molecule has 2 aromatic carbocycles. The molecule has 39 heavy (non-hydrogen) atoms. The number of nitrogens with zero attached hydrogens (tertiary/aromatic N) is 4.